The summed E-state index contributed by atoms with van der Waals surface area (Å²) in [7, 11) is 0. The van der Waals surface area contributed by atoms with Gasteiger partial charge in [-0.25, -0.2) is 9.78 Å². The number of ether oxygens (including phenoxy) is 1. The molecule has 0 aliphatic rings. The smallest absolute Gasteiger partial charge is 0.376 e. The number of carbonyl (C=O) groups excluding carboxylic acids is 1. The first-order valence-corrected chi connectivity index (χ1v) is 3.40. The summed E-state index contributed by atoms with van der Waals surface area (Å²) in [6.45, 7) is 2.01. The Hall–Kier alpha value is -1.03. The molecule has 1 rings (SSSR count). The Morgan fingerprint density at radius 2 is 2.64 bits per heavy atom. The fourth-order valence-electron chi connectivity index (χ4n) is 0.549. The number of hydrogen-bond acceptors (Lipinski definition) is 4. The lowest BCUT2D eigenvalue weighted by Crippen LogP contribution is -2.02. The lowest BCUT2D eigenvalue weighted by atomic mass is 10.5. The second-order valence-electron chi connectivity index (χ2n) is 1.70. The number of aromatic nitrogens is 1. The number of carbonyl (C=O) groups is 1. The molecule has 0 atom stereocenters. The lowest BCUT2D eigenvalue weighted by Gasteiger charge is -1.94. The fraction of sp³-hybridized carbons (Fsp3) is 0.333. The summed E-state index contributed by atoms with van der Waals surface area (Å²) >= 11 is 5.32. The van der Waals surface area contributed by atoms with Crippen LogP contribution in [0.15, 0.2) is 10.6 Å². The summed E-state index contributed by atoms with van der Waals surface area (Å²) in [4.78, 5) is 14.4. The average Bonchev–Trinajstić information content (AvgIpc) is 2.36. The van der Waals surface area contributed by atoms with Crippen LogP contribution in [0.3, 0.4) is 0 Å². The Morgan fingerprint density at radius 1 is 1.91 bits per heavy atom. The SMILES string of the molecule is CCOC(=O)c1cnc(Cl)o1. The van der Waals surface area contributed by atoms with E-state index in [2.05, 4.69) is 14.1 Å². The molecule has 0 aromatic carbocycles. The molecule has 0 fully saturated rings. The zero-order valence-corrected chi connectivity index (χ0v) is 6.59. The van der Waals surface area contributed by atoms with Gasteiger partial charge in [0.1, 0.15) is 0 Å². The Kier molecular flexibility index (Phi) is 2.48. The third kappa shape index (κ3) is 1.94. The van der Waals surface area contributed by atoms with Crippen molar-refractivity contribution in [2.24, 2.45) is 0 Å². The maximum absolute atomic E-state index is 10.8. The molecular weight excluding hydrogens is 170 g/mol. The van der Waals surface area contributed by atoms with Crippen LogP contribution in [0.1, 0.15) is 17.5 Å². The van der Waals surface area contributed by atoms with Gasteiger partial charge in [-0.3, -0.25) is 0 Å². The van der Waals surface area contributed by atoms with E-state index < -0.39 is 5.97 Å². The van der Waals surface area contributed by atoms with Crippen LogP contribution in [-0.2, 0) is 4.74 Å². The van der Waals surface area contributed by atoms with Crippen molar-refractivity contribution in [3.8, 4) is 0 Å². The number of esters is 1. The molecule has 0 amide bonds. The Labute approximate surface area is 68.1 Å². The minimum atomic E-state index is -0.549. The zero-order chi connectivity index (χ0) is 8.27. The highest BCUT2D eigenvalue weighted by atomic mass is 35.5. The van der Waals surface area contributed by atoms with E-state index in [9.17, 15) is 4.79 Å². The molecule has 1 aromatic rings. The molecule has 4 nitrogen and oxygen atoms in total. The predicted octanol–water partition coefficient (Wildman–Crippen LogP) is 1.50. The monoisotopic (exact) mass is 175 g/mol. The van der Waals surface area contributed by atoms with Crippen LogP contribution in [0.2, 0.25) is 5.35 Å². The number of hydrogen-bond donors (Lipinski definition) is 0. The van der Waals surface area contributed by atoms with Crippen LogP contribution >= 0.6 is 11.6 Å². The van der Waals surface area contributed by atoms with Crippen molar-refractivity contribution in [3.05, 3.63) is 17.3 Å². The Morgan fingerprint density at radius 3 is 3.09 bits per heavy atom. The second-order valence-corrected chi connectivity index (χ2v) is 2.02. The Bertz CT molecular complexity index is 258. The summed E-state index contributed by atoms with van der Waals surface area (Å²) in [6, 6.07) is 0. The van der Waals surface area contributed by atoms with Crippen LogP contribution < -0.4 is 0 Å². The largest absolute Gasteiger partial charge is 0.460 e. The minimum absolute atomic E-state index is 0.0249. The van der Waals surface area contributed by atoms with Crippen LogP contribution in [0.25, 0.3) is 0 Å². The molecule has 5 heteroatoms. The van der Waals surface area contributed by atoms with Gasteiger partial charge >= 0.3 is 5.97 Å². The molecule has 0 bridgehead atoms. The first-order valence-electron chi connectivity index (χ1n) is 3.02. The highest BCUT2D eigenvalue weighted by Crippen LogP contribution is 2.09. The molecule has 1 heterocycles. The van der Waals surface area contributed by atoms with Crippen molar-refractivity contribution in [1.82, 2.24) is 4.98 Å². The van der Waals surface area contributed by atoms with E-state index in [0.717, 1.165) is 0 Å². The fourth-order valence-corrected chi connectivity index (χ4v) is 0.681. The zero-order valence-electron chi connectivity index (χ0n) is 5.83. The van der Waals surface area contributed by atoms with Gasteiger partial charge in [-0.15, -0.1) is 0 Å². The Balaban J connectivity index is 2.69. The molecule has 0 radical (unpaired) electrons. The topological polar surface area (TPSA) is 52.3 Å². The summed E-state index contributed by atoms with van der Waals surface area (Å²) in [5.41, 5.74) is 0. The third-order valence-electron chi connectivity index (χ3n) is 0.954. The average molecular weight is 176 g/mol. The standard InChI is InChI=1S/C6H6ClNO3/c1-2-10-5(9)4-3-8-6(7)11-4/h3H,2H2,1H3. The van der Waals surface area contributed by atoms with Crippen molar-refractivity contribution >= 4 is 17.6 Å². The van der Waals surface area contributed by atoms with Crippen LogP contribution in [0, 0.1) is 0 Å². The van der Waals surface area contributed by atoms with Crippen molar-refractivity contribution in [3.63, 3.8) is 0 Å². The first-order chi connectivity index (χ1) is 5.24. The molecule has 11 heavy (non-hydrogen) atoms. The van der Waals surface area contributed by atoms with Gasteiger partial charge in [0, 0.05) is 0 Å². The normalized spacial score (nSPS) is 9.64. The quantitative estimate of drug-likeness (QED) is 0.640. The van der Waals surface area contributed by atoms with Gasteiger partial charge in [-0.05, 0) is 18.5 Å². The molecule has 0 aliphatic heterocycles. The van der Waals surface area contributed by atoms with E-state index in [-0.39, 0.29) is 11.1 Å². The molecule has 0 spiro atoms. The van der Waals surface area contributed by atoms with Gasteiger partial charge < -0.3 is 9.15 Å². The highest BCUT2D eigenvalue weighted by Gasteiger charge is 2.11. The lowest BCUT2D eigenvalue weighted by molar-refractivity contribution is 0.0490. The van der Waals surface area contributed by atoms with Crippen molar-refractivity contribution < 1.29 is 13.9 Å². The van der Waals surface area contributed by atoms with E-state index in [1.54, 1.807) is 6.92 Å². The first kappa shape index (κ1) is 8.07. The summed E-state index contributed by atoms with van der Waals surface area (Å²) in [5, 5.41) is -0.0620. The third-order valence-corrected chi connectivity index (χ3v) is 1.13. The molecule has 1 aromatic heterocycles. The van der Waals surface area contributed by atoms with Gasteiger partial charge in [0.25, 0.3) is 5.35 Å². The van der Waals surface area contributed by atoms with Gasteiger partial charge in [-0.2, -0.15) is 0 Å². The van der Waals surface area contributed by atoms with Gasteiger partial charge in [0.05, 0.1) is 12.8 Å². The van der Waals surface area contributed by atoms with Gasteiger partial charge in [0.2, 0.25) is 5.76 Å². The van der Waals surface area contributed by atoms with Crippen LogP contribution in [0.5, 0.6) is 0 Å². The van der Waals surface area contributed by atoms with Crippen molar-refractivity contribution in [2.45, 2.75) is 6.92 Å². The predicted molar refractivity (Wildman–Crippen MR) is 37.5 cm³/mol. The van der Waals surface area contributed by atoms with Crippen LogP contribution in [-0.4, -0.2) is 17.6 Å². The maximum Gasteiger partial charge on any atom is 0.376 e. The number of rotatable bonds is 2. The summed E-state index contributed by atoms with van der Waals surface area (Å²) in [5.74, 6) is -0.524. The molecule has 0 unspecified atom stereocenters. The molecule has 0 saturated heterocycles. The molecule has 0 N–H and O–H groups in total. The maximum atomic E-state index is 10.8. The summed E-state index contributed by atoms with van der Waals surface area (Å²) in [6.07, 6.45) is 1.22. The number of halogens is 1. The minimum Gasteiger partial charge on any atom is -0.460 e. The second kappa shape index (κ2) is 3.39. The van der Waals surface area contributed by atoms with Gasteiger partial charge in [0.15, 0.2) is 0 Å². The van der Waals surface area contributed by atoms with E-state index in [1.807, 2.05) is 0 Å². The highest BCUT2D eigenvalue weighted by molar-refractivity contribution is 6.27. The van der Waals surface area contributed by atoms with Crippen molar-refractivity contribution in [1.29, 1.82) is 0 Å². The van der Waals surface area contributed by atoms with E-state index in [0.29, 0.717) is 6.61 Å². The molecule has 0 aliphatic carbocycles. The van der Waals surface area contributed by atoms with Crippen LogP contribution in [0.4, 0.5) is 0 Å². The molecule has 0 saturated carbocycles. The van der Waals surface area contributed by atoms with E-state index in [4.69, 9.17) is 11.6 Å². The number of nitrogens with zero attached hydrogens (tertiary/aromatic N) is 1. The van der Waals surface area contributed by atoms with E-state index in [1.165, 1.54) is 6.20 Å². The molecule has 60 valence electrons. The number of oxazole rings is 1. The van der Waals surface area contributed by atoms with Gasteiger partial charge in [-0.1, -0.05) is 0 Å². The van der Waals surface area contributed by atoms with Crippen molar-refractivity contribution in [2.75, 3.05) is 6.61 Å². The van der Waals surface area contributed by atoms with E-state index >= 15 is 0 Å². The summed E-state index contributed by atoms with van der Waals surface area (Å²) < 4.78 is 9.29. The molecular formula is C6H6ClNO3.